The third-order valence-corrected chi connectivity index (χ3v) is 3.39. The van der Waals surface area contributed by atoms with Crippen LogP contribution < -0.4 is 0 Å². The highest BCUT2D eigenvalue weighted by molar-refractivity contribution is 5.95. The van der Waals surface area contributed by atoms with E-state index in [9.17, 15) is 9.59 Å². The molecular formula is C13H17N3O3. The number of aromatic nitrogens is 2. The quantitative estimate of drug-likeness (QED) is 0.861. The molecule has 0 unspecified atom stereocenters. The maximum absolute atomic E-state index is 12.4. The van der Waals surface area contributed by atoms with Crippen LogP contribution in [0, 0.1) is 19.8 Å². The molecule has 0 aliphatic carbocycles. The van der Waals surface area contributed by atoms with Crippen LogP contribution in [0.15, 0.2) is 6.20 Å². The van der Waals surface area contributed by atoms with Crippen LogP contribution in [0.4, 0.5) is 0 Å². The maximum atomic E-state index is 12.4. The number of carboxylic acids is 1. The molecule has 1 N–H and O–H groups in total. The van der Waals surface area contributed by atoms with Gasteiger partial charge in [-0.15, -0.1) is 0 Å². The Bertz CT molecular complexity index is 516. The zero-order chi connectivity index (χ0) is 14.0. The van der Waals surface area contributed by atoms with Crippen LogP contribution in [-0.4, -0.2) is 44.9 Å². The molecule has 0 saturated carbocycles. The minimum absolute atomic E-state index is 0.177. The number of hydrogen-bond acceptors (Lipinski definition) is 4. The number of amides is 1. The number of carboxylic acid groups (broad SMARTS) is 1. The predicted molar refractivity (Wildman–Crippen MR) is 67.8 cm³/mol. The van der Waals surface area contributed by atoms with Crippen molar-refractivity contribution in [2.75, 3.05) is 13.1 Å². The third-order valence-electron chi connectivity index (χ3n) is 3.39. The lowest BCUT2D eigenvalue weighted by Gasteiger charge is -2.30. The fraction of sp³-hybridized carbons (Fsp3) is 0.538. The lowest BCUT2D eigenvalue weighted by Crippen LogP contribution is -2.42. The molecule has 1 aliphatic heterocycles. The second-order valence-electron chi connectivity index (χ2n) is 4.84. The molecule has 2 rings (SSSR count). The van der Waals surface area contributed by atoms with Crippen LogP contribution in [0.1, 0.15) is 34.7 Å². The number of nitrogens with zero attached hydrogens (tertiary/aromatic N) is 3. The normalized spacial score (nSPS) is 19.3. The molecule has 0 radical (unpaired) electrons. The second-order valence-corrected chi connectivity index (χ2v) is 4.84. The fourth-order valence-corrected chi connectivity index (χ4v) is 2.33. The molecular weight excluding hydrogens is 246 g/mol. The maximum Gasteiger partial charge on any atom is 0.308 e. The second kappa shape index (κ2) is 5.34. The molecule has 1 aliphatic rings. The minimum atomic E-state index is -0.839. The minimum Gasteiger partial charge on any atom is -0.481 e. The zero-order valence-corrected chi connectivity index (χ0v) is 11.1. The van der Waals surface area contributed by atoms with Crippen molar-refractivity contribution < 1.29 is 14.7 Å². The molecule has 0 aromatic carbocycles. The number of carbonyl (C=O) groups excluding carboxylic acids is 1. The molecule has 1 saturated heterocycles. The largest absolute Gasteiger partial charge is 0.481 e. The van der Waals surface area contributed by atoms with Crippen molar-refractivity contribution in [2.45, 2.75) is 26.7 Å². The van der Waals surface area contributed by atoms with Crippen LogP contribution in [0.3, 0.4) is 0 Å². The zero-order valence-electron chi connectivity index (χ0n) is 11.1. The van der Waals surface area contributed by atoms with E-state index in [4.69, 9.17) is 5.11 Å². The van der Waals surface area contributed by atoms with Gasteiger partial charge < -0.3 is 10.0 Å². The first-order valence-corrected chi connectivity index (χ1v) is 6.31. The van der Waals surface area contributed by atoms with Gasteiger partial charge in [0.25, 0.3) is 5.91 Å². The summed E-state index contributed by atoms with van der Waals surface area (Å²) >= 11 is 0. The van der Waals surface area contributed by atoms with E-state index in [2.05, 4.69) is 9.97 Å². The summed E-state index contributed by atoms with van der Waals surface area (Å²) in [5, 5.41) is 9.04. The summed E-state index contributed by atoms with van der Waals surface area (Å²) in [6.45, 7) is 4.39. The standard InChI is InChI=1S/C13H17N3O3/c1-8-11(6-14-9(2)15-8)12(17)16-5-3-4-10(7-16)13(18)19/h6,10H,3-5,7H2,1-2H3,(H,18,19)/t10-/m0/s1. The van der Waals surface area contributed by atoms with Crippen LogP contribution in [0.2, 0.25) is 0 Å². The molecule has 6 heteroatoms. The van der Waals surface area contributed by atoms with Crippen LogP contribution in [0.5, 0.6) is 0 Å². The van der Waals surface area contributed by atoms with Gasteiger partial charge in [0.15, 0.2) is 0 Å². The van der Waals surface area contributed by atoms with Gasteiger partial charge in [0, 0.05) is 19.3 Å². The number of carbonyl (C=O) groups is 2. The van der Waals surface area contributed by atoms with E-state index in [1.165, 1.54) is 6.20 Å². The van der Waals surface area contributed by atoms with Gasteiger partial charge in [0.1, 0.15) is 5.82 Å². The summed E-state index contributed by atoms with van der Waals surface area (Å²) in [4.78, 5) is 33.2. The van der Waals surface area contributed by atoms with Gasteiger partial charge in [0.2, 0.25) is 0 Å². The first-order valence-electron chi connectivity index (χ1n) is 6.31. The van der Waals surface area contributed by atoms with Gasteiger partial charge in [-0.3, -0.25) is 9.59 Å². The summed E-state index contributed by atoms with van der Waals surface area (Å²) < 4.78 is 0. The van der Waals surface area contributed by atoms with Gasteiger partial charge in [-0.05, 0) is 26.7 Å². The lowest BCUT2D eigenvalue weighted by molar-refractivity contribution is -0.143. The van der Waals surface area contributed by atoms with Crippen LogP contribution >= 0.6 is 0 Å². The monoisotopic (exact) mass is 263 g/mol. The first kappa shape index (κ1) is 13.5. The summed E-state index contributed by atoms with van der Waals surface area (Å²) in [7, 11) is 0. The average molecular weight is 263 g/mol. The van der Waals surface area contributed by atoms with Crippen LogP contribution in [0.25, 0.3) is 0 Å². The van der Waals surface area contributed by atoms with Crippen molar-refractivity contribution in [1.29, 1.82) is 0 Å². The molecule has 1 aromatic rings. The number of piperidine rings is 1. The topological polar surface area (TPSA) is 83.4 Å². The molecule has 6 nitrogen and oxygen atoms in total. The van der Waals surface area contributed by atoms with E-state index in [0.29, 0.717) is 36.5 Å². The van der Waals surface area contributed by atoms with Crippen molar-refractivity contribution in [2.24, 2.45) is 5.92 Å². The number of aliphatic carboxylic acids is 1. The van der Waals surface area contributed by atoms with E-state index in [0.717, 1.165) is 0 Å². The summed E-state index contributed by atoms with van der Waals surface area (Å²) in [6, 6.07) is 0. The molecule has 0 spiro atoms. The summed E-state index contributed by atoms with van der Waals surface area (Å²) in [5.74, 6) is -0.863. The van der Waals surface area contributed by atoms with Crippen LogP contribution in [-0.2, 0) is 4.79 Å². The van der Waals surface area contributed by atoms with Crippen molar-refractivity contribution in [1.82, 2.24) is 14.9 Å². The molecule has 1 atom stereocenters. The fourth-order valence-electron chi connectivity index (χ4n) is 2.33. The molecule has 1 fully saturated rings. The summed E-state index contributed by atoms with van der Waals surface area (Å²) in [5.41, 5.74) is 1.09. The van der Waals surface area contributed by atoms with E-state index in [-0.39, 0.29) is 12.5 Å². The molecule has 0 bridgehead atoms. The van der Waals surface area contributed by atoms with Crippen molar-refractivity contribution in [3.63, 3.8) is 0 Å². The Morgan fingerprint density at radius 3 is 2.79 bits per heavy atom. The van der Waals surface area contributed by atoms with Gasteiger partial charge in [-0.2, -0.15) is 0 Å². The highest BCUT2D eigenvalue weighted by Crippen LogP contribution is 2.19. The highest BCUT2D eigenvalue weighted by Gasteiger charge is 2.29. The smallest absolute Gasteiger partial charge is 0.308 e. The first-order chi connectivity index (χ1) is 8.99. The Kier molecular flexibility index (Phi) is 3.78. The Morgan fingerprint density at radius 1 is 1.42 bits per heavy atom. The lowest BCUT2D eigenvalue weighted by atomic mass is 9.97. The van der Waals surface area contributed by atoms with E-state index >= 15 is 0 Å². The van der Waals surface area contributed by atoms with Gasteiger partial charge in [0.05, 0.1) is 17.2 Å². The van der Waals surface area contributed by atoms with E-state index in [1.807, 2.05) is 0 Å². The van der Waals surface area contributed by atoms with Gasteiger partial charge in [-0.25, -0.2) is 9.97 Å². The SMILES string of the molecule is Cc1ncc(C(=O)N2CCC[C@H](C(=O)O)C2)c(C)n1. The van der Waals surface area contributed by atoms with E-state index < -0.39 is 11.9 Å². The average Bonchev–Trinajstić information content (AvgIpc) is 2.38. The number of aryl methyl sites for hydroxylation is 2. The Morgan fingerprint density at radius 2 is 2.16 bits per heavy atom. The van der Waals surface area contributed by atoms with Gasteiger partial charge >= 0.3 is 5.97 Å². The molecule has 2 heterocycles. The van der Waals surface area contributed by atoms with E-state index in [1.54, 1.807) is 18.7 Å². The number of likely N-dealkylation sites (tertiary alicyclic amines) is 1. The Labute approximate surface area is 111 Å². The van der Waals surface area contributed by atoms with Crippen molar-refractivity contribution in [3.05, 3.63) is 23.3 Å². The Balaban J connectivity index is 2.17. The molecule has 19 heavy (non-hydrogen) atoms. The molecule has 1 aromatic heterocycles. The Hall–Kier alpha value is -1.98. The van der Waals surface area contributed by atoms with Crippen molar-refractivity contribution >= 4 is 11.9 Å². The molecule has 1 amide bonds. The number of hydrogen-bond donors (Lipinski definition) is 1. The van der Waals surface area contributed by atoms with Gasteiger partial charge in [-0.1, -0.05) is 0 Å². The highest BCUT2D eigenvalue weighted by atomic mass is 16.4. The predicted octanol–water partition coefficient (Wildman–Crippen LogP) is 1.03. The summed E-state index contributed by atoms with van der Waals surface area (Å²) in [6.07, 6.45) is 2.86. The molecule has 102 valence electrons. The third kappa shape index (κ3) is 2.89. The van der Waals surface area contributed by atoms with Crippen molar-refractivity contribution in [3.8, 4) is 0 Å². The number of rotatable bonds is 2.